The Labute approximate surface area is 177 Å². The number of nitrogens with one attached hydrogen (secondary N) is 1. The van der Waals surface area contributed by atoms with Crippen LogP contribution in [0.1, 0.15) is 25.3 Å². The van der Waals surface area contributed by atoms with E-state index in [1.54, 1.807) is 20.3 Å². The highest BCUT2D eigenvalue weighted by atomic mass is 19.1. The molecule has 2 aromatic rings. The fourth-order valence-corrected chi connectivity index (χ4v) is 4.11. The van der Waals surface area contributed by atoms with Crippen molar-refractivity contribution in [2.24, 2.45) is 5.41 Å². The van der Waals surface area contributed by atoms with Gasteiger partial charge in [-0.05, 0) is 55.5 Å². The molecule has 0 spiro atoms. The Balaban J connectivity index is 1.97. The molecule has 0 radical (unpaired) electrons. The highest BCUT2D eigenvalue weighted by molar-refractivity contribution is 5.84. The molecule has 1 N–H and O–H groups in total. The SMILES string of the molecule is COCC(C)NC(=O)C1(Cc2ccccc2-c2cc(F)ccc2OC)CCOCC1. The summed E-state index contributed by atoms with van der Waals surface area (Å²) < 4.78 is 30.2. The number of benzene rings is 2. The van der Waals surface area contributed by atoms with Gasteiger partial charge in [0, 0.05) is 31.9 Å². The summed E-state index contributed by atoms with van der Waals surface area (Å²) in [6, 6.07) is 12.2. The van der Waals surface area contributed by atoms with E-state index in [4.69, 9.17) is 14.2 Å². The first-order valence-electron chi connectivity index (χ1n) is 10.3. The summed E-state index contributed by atoms with van der Waals surface area (Å²) in [5, 5.41) is 3.10. The van der Waals surface area contributed by atoms with E-state index in [2.05, 4.69) is 5.32 Å². The third kappa shape index (κ3) is 4.99. The maximum Gasteiger partial charge on any atom is 0.227 e. The molecule has 6 heteroatoms. The van der Waals surface area contributed by atoms with Crippen molar-refractivity contribution in [2.45, 2.75) is 32.2 Å². The van der Waals surface area contributed by atoms with Crippen LogP contribution in [0, 0.1) is 11.2 Å². The van der Waals surface area contributed by atoms with Crippen LogP contribution in [0.25, 0.3) is 11.1 Å². The number of hydrogen-bond donors (Lipinski definition) is 1. The van der Waals surface area contributed by atoms with Crippen LogP contribution in [-0.2, 0) is 20.7 Å². The summed E-state index contributed by atoms with van der Waals surface area (Å²) in [6.07, 6.45) is 1.80. The summed E-state index contributed by atoms with van der Waals surface area (Å²) in [5.74, 6) is 0.284. The molecule has 0 saturated carbocycles. The zero-order valence-electron chi connectivity index (χ0n) is 17.9. The van der Waals surface area contributed by atoms with Crippen molar-refractivity contribution in [3.8, 4) is 16.9 Å². The first-order valence-corrected chi connectivity index (χ1v) is 10.3. The second-order valence-electron chi connectivity index (χ2n) is 7.90. The van der Waals surface area contributed by atoms with Gasteiger partial charge in [0.2, 0.25) is 5.91 Å². The molecule has 5 nitrogen and oxygen atoms in total. The molecule has 1 aliphatic rings. The lowest BCUT2D eigenvalue weighted by atomic mass is 9.73. The fraction of sp³-hybridized carbons (Fsp3) is 0.458. The molecule has 1 heterocycles. The molecule has 1 fully saturated rings. The quantitative estimate of drug-likeness (QED) is 0.708. The molecule has 30 heavy (non-hydrogen) atoms. The lowest BCUT2D eigenvalue weighted by Crippen LogP contribution is -2.49. The largest absolute Gasteiger partial charge is 0.496 e. The standard InChI is InChI=1S/C24H30FNO4/c1-17(16-28-2)26-23(27)24(10-12-30-13-11-24)15-18-6-4-5-7-20(18)21-14-19(25)8-9-22(21)29-3/h4-9,14,17H,10-13,15-16H2,1-3H3,(H,26,27). The first-order chi connectivity index (χ1) is 14.5. The molecule has 162 valence electrons. The summed E-state index contributed by atoms with van der Waals surface area (Å²) >= 11 is 0. The summed E-state index contributed by atoms with van der Waals surface area (Å²) in [7, 11) is 3.19. The monoisotopic (exact) mass is 415 g/mol. The van der Waals surface area contributed by atoms with Crippen molar-refractivity contribution < 1.29 is 23.4 Å². The maximum absolute atomic E-state index is 14.0. The normalized spacial score (nSPS) is 16.7. The van der Waals surface area contributed by atoms with Crippen molar-refractivity contribution in [3.63, 3.8) is 0 Å². The minimum Gasteiger partial charge on any atom is -0.496 e. The smallest absolute Gasteiger partial charge is 0.227 e. The second kappa shape index (κ2) is 10.0. The molecule has 1 unspecified atom stereocenters. The van der Waals surface area contributed by atoms with Gasteiger partial charge >= 0.3 is 0 Å². The average Bonchev–Trinajstić information content (AvgIpc) is 2.75. The molecule has 0 aromatic heterocycles. The van der Waals surface area contributed by atoms with Gasteiger partial charge in [0.25, 0.3) is 0 Å². The Morgan fingerprint density at radius 1 is 1.17 bits per heavy atom. The Morgan fingerprint density at radius 2 is 1.90 bits per heavy atom. The van der Waals surface area contributed by atoms with Gasteiger partial charge in [-0.2, -0.15) is 0 Å². The number of ether oxygens (including phenoxy) is 3. The molecule has 1 saturated heterocycles. The molecule has 1 aliphatic heterocycles. The first kappa shape index (κ1) is 22.2. The van der Waals surface area contributed by atoms with E-state index in [1.807, 2.05) is 31.2 Å². The third-order valence-electron chi connectivity index (χ3n) is 5.72. The molecular weight excluding hydrogens is 385 g/mol. The van der Waals surface area contributed by atoms with Crippen LogP contribution < -0.4 is 10.1 Å². The molecule has 0 aliphatic carbocycles. The highest BCUT2D eigenvalue weighted by Crippen LogP contribution is 2.40. The molecule has 3 rings (SSSR count). The average molecular weight is 416 g/mol. The number of hydrogen-bond acceptors (Lipinski definition) is 4. The third-order valence-corrected chi connectivity index (χ3v) is 5.72. The Hall–Kier alpha value is -2.44. The van der Waals surface area contributed by atoms with Crippen LogP contribution in [0.4, 0.5) is 4.39 Å². The molecule has 1 atom stereocenters. The van der Waals surface area contributed by atoms with Crippen molar-refractivity contribution in [1.29, 1.82) is 0 Å². The van der Waals surface area contributed by atoms with E-state index in [9.17, 15) is 9.18 Å². The number of halogens is 1. The molecule has 0 bridgehead atoms. The Bertz CT molecular complexity index is 864. The Morgan fingerprint density at radius 3 is 2.60 bits per heavy atom. The lowest BCUT2D eigenvalue weighted by molar-refractivity contribution is -0.137. The number of methoxy groups -OCH3 is 2. The van der Waals surface area contributed by atoms with Crippen molar-refractivity contribution >= 4 is 5.91 Å². The van der Waals surface area contributed by atoms with Gasteiger partial charge < -0.3 is 19.5 Å². The van der Waals surface area contributed by atoms with E-state index >= 15 is 0 Å². The second-order valence-corrected chi connectivity index (χ2v) is 7.90. The highest BCUT2D eigenvalue weighted by Gasteiger charge is 2.41. The molecular formula is C24H30FNO4. The van der Waals surface area contributed by atoms with Crippen LogP contribution >= 0.6 is 0 Å². The number of amides is 1. The van der Waals surface area contributed by atoms with E-state index in [0.717, 1.165) is 11.1 Å². The minimum atomic E-state index is -0.586. The van der Waals surface area contributed by atoms with Crippen LogP contribution in [-0.4, -0.2) is 46.0 Å². The van der Waals surface area contributed by atoms with Crippen molar-refractivity contribution in [1.82, 2.24) is 5.32 Å². The summed E-state index contributed by atoms with van der Waals surface area (Å²) in [6.45, 7) is 3.46. The van der Waals surface area contributed by atoms with Crippen LogP contribution in [0.2, 0.25) is 0 Å². The zero-order chi connectivity index (χ0) is 21.6. The van der Waals surface area contributed by atoms with Gasteiger partial charge in [0.15, 0.2) is 0 Å². The number of rotatable bonds is 8. The van der Waals surface area contributed by atoms with Crippen LogP contribution in [0.3, 0.4) is 0 Å². The van der Waals surface area contributed by atoms with Crippen molar-refractivity contribution in [3.05, 3.63) is 53.8 Å². The lowest BCUT2D eigenvalue weighted by Gasteiger charge is -2.37. The van der Waals surface area contributed by atoms with E-state index in [1.165, 1.54) is 12.1 Å². The predicted molar refractivity (Wildman–Crippen MR) is 114 cm³/mol. The summed E-state index contributed by atoms with van der Waals surface area (Å²) in [4.78, 5) is 13.3. The molecule has 1 amide bonds. The number of carbonyl (C=O) groups is 1. The predicted octanol–water partition coefficient (Wildman–Crippen LogP) is 3.99. The van der Waals surface area contributed by atoms with Crippen molar-refractivity contribution in [2.75, 3.05) is 34.0 Å². The zero-order valence-corrected chi connectivity index (χ0v) is 17.9. The van der Waals surface area contributed by atoms with E-state index in [-0.39, 0.29) is 17.8 Å². The maximum atomic E-state index is 14.0. The summed E-state index contributed by atoms with van der Waals surface area (Å²) in [5.41, 5.74) is 1.95. The van der Waals surface area contributed by atoms with Gasteiger partial charge in [-0.3, -0.25) is 4.79 Å². The van der Waals surface area contributed by atoms with E-state index in [0.29, 0.717) is 50.4 Å². The van der Waals surface area contributed by atoms with Gasteiger partial charge in [-0.15, -0.1) is 0 Å². The minimum absolute atomic E-state index is 0.0105. The van der Waals surface area contributed by atoms with Gasteiger partial charge in [0.1, 0.15) is 11.6 Å². The number of carbonyl (C=O) groups excluding carboxylic acids is 1. The Kier molecular flexibility index (Phi) is 7.45. The van der Waals surface area contributed by atoms with Crippen LogP contribution in [0.15, 0.2) is 42.5 Å². The van der Waals surface area contributed by atoms with Gasteiger partial charge in [-0.1, -0.05) is 24.3 Å². The fourth-order valence-electron chi connectivity index (χ4n) is 4.11. The van der Waals surface area contributed by atoms with Gasteiger partial charge in [0.05, 0.1) is 19.1 Å². The van der Waals surface area contributed by atoms with Crippen LogP contribution in [0.5, 0.6) is 5.75 Å². The topological polar surface area (TPSA) is 56.8 Å². The van der Waals surface area contributed by atoms with Gasteiger partial charge in [-0.25, -0.2) is 4.39 Å². The molecule has 2 aromatic carbocycles. The van der Waals surface area contributed by atoms with E-state index < -0.39 is 5.41 Å².